The van der Waals surface area contributed by atoms with Crippen molar-refractivity contribution in [2.75, 3.05) is 0 Å². The average molecular weight is 230 g/mol. The second-order valence-electron chi connectivity index (χ2n) is 3.12. The van der Waals surface area contributed by atoms with Crippen molar-refractivity contribution >= 4 is 11.0 Å². The number of alkyl halides is 3. The van der Waals surface area contributed by atoms with Crippen LogP contribution in [-0.4, -0.2) is 5.11 Å². The van der Waals surface area contributed by atoms with Gasteiger partial charge in [0.1, 0.15) is 16.7 Å². The fourth-order valence-electron chi connectivity index (χ4n) is 1.33. The quantitative estimate of drug-likeness (QED) is 0.756. The summed E-state index contributed by atoms with van der Waals surface area (Å²) >= 11 is 0. The highest BCUT2D eigenvalue weighted by molar-refractivity contribution is 5.82. The summed E-state index contributed by atoms with van der Waals surface area (Å²) in [5, 5.41) is 9.05. The maximum absolute atomic E-state index is 12.3. The lowest BCUT2D eigenvalue weighted by molar-refractivity contribution is -0.152. The summed E-state index contributed by atoms with van der Waals surface area (Å²) in [7, 11) is 0. The molecule has 0 saturated heterocycles. The maximum Gasteiger partial charge on any atom is 0.449 e. The molecule has 0 saturated carbocycles. The van der Waals surface area contributed by atoms with Crippen LogP contribution in [0.1, 0.15) is 5.76 Å². The summed E-state index contributed by atoms with van der Waals surface area (Å²) in [5.41, 5.74) is -1.22. The Morgan fingerprint density at radius 1 is 1.25 bits per heavy atom. The Kier molecular flexibility index (Phi) is 2.15. The lowest BCUT2D eigenvalue weighted by Crippen LogP contribution is -2.10. The molecular weight excluding hydrogens is 225 g/mol. The van der Waals surface area contributed by atoms with Crippen LogP contribution in [0.25, 0.3) is 11.0 Å². The smallest absolute Gasteiger partial charge is 0.449 e. The van der Waals surface area contributed by atoms with Gasteiger partial charge in [0.2, 0.25) is 5.76 Å². The van der Waals surface area contributed by atoms with Crippen molar-refractivity contribution in [3.8, 4) is 5.75 Å². The summed E-state index contributed by atoms with van der Waals surface area (Å²) < 4.78 is 41.4. The Morgan fingerprint density at radius 3 is 2.56 bits per heavy atom. The molecule has 1 N–H and O–H groups in total. The molecule has 1 aromatic heterocycles. The van der Waals surface area contributed by atoms with Gasteiger partial charge < -0.3 is 9.52 Å². The first-order valence-electron chi connectivity index (χ1n) is 4.22. The number of rotatable bonds is 0. The molecule has 0 radical (unpaired) electrons. The van der Waals surface area contributed by atoms with Crippen LogP contribution < -0.4 is 5.43 Å². The second-order valence-corrected chi connectivity index (χ2v) is 3.12. The first-order chi connectivity index (χ1) is 7.39. The minimum Gasteiger partial charge on any atom is -0.507 e. The van der Waals surface area contributed by atoms with Crippen LogP contribution >= 0.6 is 0 Å². The molecule has 0 fully saturated rings. The number of aromatic hydroxyl groups is 1. The predicted molar refractivity (Wildman–Crippen MR) is 49.2 cm³/mol. The molecule has 1 aromatic carbocycles. The number of phenols is 1. The number of hydrogen-bond acceptors (Lipinski definition) is 3. The first kappa shape index (κ1) is 10.5. The zero-order valence-electron chi connectivity index (χ0n) is 7.71. The van der Waals surface area contributed by atoms with Crippen molar-refractivity contribution in [2.24, 2.45) is 0 Å². The molecule has 16 heavy (non-hydrogen) atoms. The Bertz CT molecular complexity index is 598. The molecule has 0 bridgehead atoms. The SMILES string of the molecule is O=c1cc(C(F)(F)F)oc2cccc(O)c12. The Morgan fingerprint density at radius 2 is 1.94 bits per heavy atom. The maximum atomic E-state index is 12.3. The Hall–Kier alpha value is -1.98. The highest BCUT2D eigenvalue weighted by atomic mass is 19.4. The van der Waals surface area contributed by atoms with Gasteiger partial charge in [0.05, 0.1) is 0 Å². The van der Waals surface area contributed by atoms with Gasteiger partial charge in [-0.25, -0.2) is 0 Å². The van der Waals surface area contributed by atoms with Crippen LogP contribution in [-0.2, 0) is 6.18 Å². The Labute approximate surface area is 86.7 Å². The minimum atomic E-state index is -4.72. The molecule has 0 spiro atoms. The zero-order chi connectivity index (χ0) is 11.9. The average Bonchev–Trinajstić information content (AvgIpc) is 2.15. The van der Waals surface area contributed by atoms with Gasteiger partial charge in [0.25, 0.3) is 0 Å². The summed E-state index contributed by atoms with van der Waals surface area (Å²) in [5.74, 6) is -1.78. The third-order valence-corrected chi connectivity index (χ3v) is 2.01. The van der Waals surface area contributed by atoms with E-state index in [0.29, 0.717) is 6.07 Å². The van der Waals surface area contributed by atoms with Crippen molar-refractivity contribution in [1.29, 1.82) is 0 Å². The van der Waals surface area contributed by atoms with Gasteiger partial charge >= 0.3 is 6.18 Å². The van der Waals surface area contributed by atoms with Crippen LogP contribution in [0.2, 0.25) is 0 Å². The lowest BCUT2D eigenvalue weighted by Gasteiger charge is -2.06. The van der Waals surface area contributed by atoms with E-state index < -0.39 is 23.1 Å². The molecule has 6 heteroatoms. The van der Waals surface area contributed by atoms with Gasteiger partial charge in [0.15, 0.2) is 5.43 Å². The van der Waals surface area contributed by atoms with Crippen LogP contribution in [0.5, 0.6) is 5.75 Å². The molecule has 3 nitrogen and oxygen atoms in total. The lowest BCUT2D eigenvalue weighted by atomic mass is 10.2. The summed E-state index contributed by atoms with van der Waals surface area (Å²) in [6.07, 6.45) is -4.72. The summed E-state index contributed by atoms with van der Waals surface area (Å²) in [6, 6.07) is 4.00. The van der Waals surface area contributed by atoms with E-state index in [0.717, 1.165) is 0 Å². The Balaban J connectivity index is 2.85. The molecule has 0 amide bonds. The van der Waals surface area contributed by atoms with Crippen molar-refractivity contribution < 1.29 is 22.7 Å². The van der Waals surface area contributed by atoms with Crippen molar-refractivity contribution in [2.45, 2.75) is 6.18 Å². The number of hydrogen-bond donors (Lipinski definition) is 1. The van der Waals surface area contributed by atoms with E-state index in [1.165, 1.54) is 18.2 Å². The zero-order valence-corrected chi connectivity index (χ0v) is 7.71. The standard InChI is InChI=1S/C10H5F3O3/c11-10(12,13)8-4-6(15)9-5(14)2-1-3-7(9)16-8/h1-4,14H. The van der Waals surface area contributed by atoms with Crippen molar-refractivity contribution in [3.63, 3.8) is 0 Å². The number of phenolic OH excluding ortho intramolecular Hbond substituents is 1. The summed E-state index contributed by atoms with van der Waals surface area (Å²) in [6.45, 7) is 0. The van der Waals surface area contributed by atoms with Gasteiger partial charge in [-0.3, -0.25) is 4.79 Å². The van der Waals surface area contributed by atoms with Gasteiger partial charge in [0, 0.05) is 6.07 Å². The van der Waals surface area contributed by atoms with E-state index in [-0.39, 0.29) is 11.0 Å². The van der Waals surface area contributed by atoms with Crippen molar-refractivity contribution in [3.05, 3.63) is 40.2 Å². The van der Waals surface area contributed by atoms with E-state index in [1.54, 1.807) is 0 Å². The van der Waals surface area contributed by atoms with Crippen LogP contribution in [0.4, 0.5) is 13.2 Å². The molecule has 2 rings (SSSR count). The third kappa shape index (κ3) is 1.62. The van der Waals surface area contributed by atoms with Crippen LogP contribution in [0.3, 0.4) is 0 Å². The molecule has 84 valence electrons. The number of halogens is 3. The third-order valence-electron chi connectivity index (χ3n) is 2.01. The van der Waals surface area contributed by atoms with E-state index in [2.05, 4.69) is 4.42 Å². The van der Waals surface area contributed by atoms with E-state index in [1.807, 2.05) is 0 Å². The topological polar surface area (TPSA) is 50.4 Å². The van der Waals surface area contributed by atoms with E-state index in [9.17, 15) is 23.1 Å². The molecule has 2 aromatic rings. The minimum absolute atomic E-state index is 0.254. The second kappa shape index (κ2) is 3.26. The van der Waals surface area contributed by atoms with Crippen molar-refractivity contribution in [1.82, 2.24) is 0 Å². The molecule has 1 heterocycles. The van der Waals surface area contributed by atoms with Gasteiger partial charge in [-0.1, -0.05) is 6.07 Å². The molecule has 0 atom stereocenters. The monoisotopic (exact) mass is 230 g/mol. The normalized spacial score (nSPS) is 11.9. The fourth-order valence-corrected chi connectivity index (χ4v) is 1.33. The first-order valence-corrected chi connectivity index (χ1v) is 4.22. The van der Waals surface area contributed by atoms with E-state index >= 15 is 0 Å². The molecule has 0 unspecified atom stereocenters. The predicted octanol–water partition coefficient (Wildman–Crippen LogP) is 2.52. The fraction of sp³-hybridized carbons (Fsp3) is 0.100. The number of fused-ring (bicyclic) bond motifs is 1. The highest BCUT2D eigenvalue weighted by Crippen LogP contribution is 2.31. The molecule has 0 aliphatic carbocycles. The highest BCUT2D eigenvalue weighted by Gasteiger charge is 2.35. The number of benzene rings is 1. The van der Waals surface area contributed by atoms with Gasteiger partial charge in [-0.15, -0.1) is 0 Å². The van der Waals surface area contributed by atoms with Gasteiger partial charge in [-0.05, 0) is 12.1 Å². The molecular formula is C10H5F3O3. The van der Waals surface area contributed by atoms with Gasteiger partial charge in [-0.2, -0.15) is 13.2 Å². The largest absolute Gasteiger partial charge is 0.507 e. The van der Waals surface area contributed by atoms with Crippen LogP contribution in [0.15, 0.2) is 33.5 Å². The molecule has 0 aliphatic heterocycles. The van der Waals surface area contributed by atoms with Crippen LogP contribution in [0, 0.1) is 0 Å². The van der Waals surface area contributed by atoms with E-state index in [4.69, 9.17) is 0 Å². The summed E-state index contributed by atoms with van der Waals surface area (Å²) in [4.78, 5) is 11.3. The molecule has 0 aliphatic rings.